The Balaban J connectivity index is 1.76. The second-order valence-corrected chi connectivity index (χ2v) is 6.57. The van der Waals surface area contributed by atoms with Crippen molar-refractivity contribution in [3.05, 3.63) is 65.4 Å². The molecule has 5 heteroatoms. The Bertz CT molecular complexity index is 941. The zero-order chi connectivity index (χ0) is 18.1. The summed E-state index contributed by atoms with van der Waals surface area (Å²) in [7, 11) is 1.66. The lowest BCUT2D eigenvalue weighted by Crippen LogP contribution is -2.14. The van der Waals surface area contributed by atoms with E-state index in [1.165, 1.54) is 0 Å². The van der Waals surface area contributed by atoms with E-state index in [2.05, 4.69) is 0 Å². The Morgan fingerprint density at radius 1 is 1.08 bits per heavy atom. The zero-order valence-corrected chi connectivity index (χ0v) is 14.7. The Hall–Kier alpha value is -3.08. The number of anilines is 1. The zero-order valence-electron chi connectivity index (χ0n) is 14.7. The number of rotatable bonds is 4. The highest BCUT2D eigenvalue weighted by atomic mass is 16.5. The van der Waals surface area contributed by atoms with Crippen molar-refractivity contribution in [1.82, 2.24) is 9.78 Å². The Labute approximate surface area is 152 Å². The molecular formula is C21H21N3O2. The maximum absolute atomic E-state index is 12.6. The molecule has 0 fully saturated rings. The second kappa shape index (κ2) is 6.67. The van der Waals surface area contributed by atoms with Crippen molar-refractivity contribution in [2.75, 3.05) is 12.8 Å². The minimum Gasteiger partial charge on any atom is -0.497 e. The van der Waals surface area contributed by atoms with Gasteiger partial charge in [0.1, 0.15) is 11.4 Å². The van der Waals surface area contributed by atoms with Gasteiger partial charge in [-0.15, -0.1) is 0 Å². The van der Waals surface area contributed by atoms with Gasteiger partial charge in [-0.05, 0) is 42.7 Å². The predicted octanol–water partition coefficient (Wildman–Crippen LogP) is 3.71. The predicted molar refractivity (Wildman–Crippen MR) is 101 cm³/mol. The summed E-state index contributed by atoms with van der Waals surface area (Å²) in [4.78, 5) is 12.6. The molecule has 1 aliphatic carbocycles. The van der Waals surface area contributed by atoms with E-state index in [0.717, 1.165) is 46.7 Å². The third kappa shape index (κ3) is 2.96. The summed E-state index contributed by atoms with van der Waals surface area (Å²) in [5.74, 6) is 1.01. The third-order valence-corrected chi connectivity index (χ3v) is 4.83. The lowest BCUT2D eigenvalue weighted by molar-refractivity contribution is 0.0972. The average molecular weight is 347 g/mol. The van der Waals surface area contributed by atoms with Crippen molar-refractivity contribution in [3.8, 4) is 17.0 Å². The molecule has 4 rings (SSSR count). The minimum absolute atomic E-state index is 0.180. The summed E-state index contributed by atoms with van der Waals surface area (Å²) < 4.78 is 7.19. The van der Waals surface area contributed by atoms with Gasteiger partial charge in [-0.1, -0.05) is 24.3 Å². The molecule has 0 saturated heterocycles. The topological polar surface area (TPSA) is 70.1 Å². The molecule has 1 aromatic heterocycles. The quantitative estimate of drug-likeness (QED) is 0.731. The molecular weight excluding hydrogens is 326 g/mol. The molecule has 0 atom stereocenters. The van der Waals surface area contributed by atoms with Crippen LogP contribution in [0.2, 0.25) is 0 Å². The highest BCUT2D eigenvalue weighted by molar-refractivity contribution is 6.03. The number of fused-ring (bicyclic) bond motifs is 1. The fourth-order valence-corrected chi connectivity index (χ4v) is 3.46. The van der Waals surface area contributed by atoms with Gasteiger partial charge in [0.2, 0.25) is 0 Å². The third-order valence-electron chi connectivity index (χ3n) is 4.83. The summed E-state index contributed by atoms with van der Waals surface area (Å²) in [5, 5.41) is 4.80. The number of nitrogens with two attached hydrogens (primary N) is 1. The highest BCUT2D eigenvalue weighted by Crippen LogP contribution is 2.32. The van der Waals surface area contributed by atoms with Crippen molar-refractivity contribution < 1.29 is 9.53 Å². The molecule has 26 heavy (non-hydrogen) atoms. The van der Waals surface area contributed by atoms with Crippen LogP contribution in [0.3, 0.4) is 0 Å². The summed E-state index contributed by atoms with van der Waals surface area (Å²) in [6.07, 6.45) is 2.34. The molecule has 132 valence electrons. The van der Waals surface area contributed by atoms with Crippen LogP contribution >= 0.6 is 0 Å². The maximum atomic E-state index is 12.6. The molecule has 0 radical (unpaired) electrons. The van der Waals surface area contributed by atoms with Gasteiger partial charge < -0.3 is 10.5 Å². The molecule has 1 heterocycles. The second-order valence-electron chi connectivity index (χ2n) is 6.57. The van der Waals surface area contributed by atoms with E-state index in [1.807, 2.05) is 53.2 Å². The number of hydrogen-bond acceptors (Lipinski definition) is 4. The van der Waals surface area contributed by atoms with Crippen LogP contribution < -0.4 is 10.5 Å². The molecule has 0 amide bonds. The van der Waals surface area contributed by atoms with E-state index < -0.39 is 0 Å². The smallest absolute Gasteiger partial charge is 0.166 e. The fraction of sp³-hybridized carbons (Fsp3) is 0.238. The van der Waals surface area contributed by atoms with E-state index in [-0.39, 0.29) is 5.78 Å². The van der Waals surface area contributed by atoms with Crippen LogP contribution in [0, 0.1) is 0 Å². The first-order valence-corrected chi connectivity index (χ1v) is 8.77. The summed E-state index contributed by atoms with van der Waals surface area (Å²) >= 11 is 0. The number of ketones is 1. The number of nitrogens with zero attached hydrogens (tertiary/aromatic N) is 2. The van der Waals surface area contributed by atoms with Crippen LogP contribution in [0.5, 0.6) is 5.75 Å². The normalized spacial score (nSPS) is 13.5. The van der Waals surface area contributed by atoms with Crippen LogP contribution in [-0.4, -0.2) is 22.7 Å². The van der Waals surface area contributed by atoms with Crippen LogP contribution in [-0.2, 0) is 13.0 Å². The van der Waals surface area contributed by atoms with Crippen LogP contribution in [0.1, 0.15) is 34.5 Å². The summed E-state index contributed by atoms with van der Waals surface area (Å²) in [6.45, 7) is 0.634. The largest absolute Gasteiger partial charge is 0.497 e. The van der Waals surface area contributed by atoms with Gasteiger partial charge in [0.25, 0.3) is 0 Å². The molecule has 0 unspecified atom stereocenters. The lowest BCUT2D eigenvalue weighted by Gasteiger charge is -2.14. The molecule has 3 aromatic rings. The number of carbonyl (C=O) groups is 1. The monoisotopic (exact) mass is 347 g/mol. The number of carbonyl (C=O) groups excluding carboxylic acids is 1. The van der Waals surface area contributed by atoms with E-state index in [0.29, 0.717) is 18.7 Å². The Kier molecular flexibility index (Phi) is 4.21. The molecule has 1 aliphatic rings. The fourth-order valence-electron chi connectivity index (χ4n) is 3.46. The van der Waals surface area contributed by atoms with Gasteiger partial charge in [0.05, 0.1) is 24.9 Å². The van der Waals surface area contributed by atoms with Crippen molar-refractivity contribution in [1.29, 1.82) is 0 Å². The molecule has 0 spiro atoms. The number of methoxy groups -OCH3 is 1. The number of ether oxygens (including phenoxy) is 1. The average Bonchev–Trinajstić information content (AvgIpc) is 3.03. The Morgan fingerprint density at radius 2 is 1.81 bits per heavy atom. The van der Waals surface area contributed by atoms with Crippen LogP contribution in [0.25, 0.3) is 11.3 Å². The highest BCUT2D eigenvalue weighted by Gasteiger charge is 2.27. The lowest BCUT2D eigenvalue weighted by atomic mass is 9.92. The van der Waals surface area contributed by atoms with Crippen molar-refractivity contribution >= 4 is 11.5 Å². The first-order chi connectivity index (χ1) is 12.7. The number of aromatic nitrogens is 2. The van der Waals surface area contributed by atoms with E-state index in [9.17, 15) is 4.79 Å². The van der Waals surface area contributed by atoms with E-state index >= 15 is 0 Å². The Morgan fingerprint density at radius 3 is 2.50 bits per heavy atom. The molecule has 0 aliphatic heterocycles. The van der Waals surface area contributed by atoms with E-state index in [4.69, 9.17) is 15.6 Å². The van der Waals surface area contributed by atoms with Gasteiger partial charge in [-0.3, -0.25) is 9.48 Å². The SMILES string of the molecule is COc1ccc(Cn2nc(-c3ccc(N)cc3)c3c2CCCC3=O)cc1. The number of nitrogen functional groups attached to an aromatic ring is 1. The van der Waals surface area contributed by atoms with Crippen molar-refractivity contribution in [2.24, 2.45) is 0 Å². The number of hydrogen-bond donors (Lipinski definition) is 1. The molecule has 5 nitrogen and oxygen atoms in total. The standard InChI is InChI=1S/C21H21N3O2/c1-26-17-11-5-14(6-12-17)13-24-18-3-2-4-19(25)20(18)21(23-24)15-7-9-16(22)10-8-15/h5-12H,2-4,13,22H2,1H3. The van der Waals surface area contributed by atoms with Gasteiger partial charge in [0, 0.05) is 17.7 Å². The molecule has 2 N–H and O–H groups in total. The first-order valence-electron chi connectivity index (χ1n) is 8.77. The van der Waals surface area contributed by atoms with Gasteiger partial charge in [0.15, 0.2) is 5.78 Å². The number of Topliss-reactive ketones (excluding diaryl/α,β-unsaturated/α-hetero) is 1. The molecule has 2 aromatic carbocycles. The molecule has 0 saturated carbocycles. The molecule has 0 bridgehead atoms. The van der Waals surface area contributed by atoms with Gasteiger partial charge in [-0.25, -0.2) is 0 Å². The van der Waals surface area contributed by atoms with Gasteiger partial charge in [-0.2, -0.15) is 5.10 Å². The van der Waals surface area contributed by atoms with Crippen molar-refractivity contribution in [2.45, 2.75) is 25.8 Å². The first kappa shape index (κ1) is 16.4. The van der Waals surface area contributed by atoms with Gasteiger partial charge >= 0.3 is 0 Å². The number of benzene rings is 2. The van der Waals surface area contributed by atoms with Crippen molar-refractivity contribution in [3.63, 3.8) is 0 Å². The summed E-state index contributed by atoms with van der Waals surface area (Å²) in [6, 6.07) is 15.5. The minimum atomic E-state index is 0.180. The maximum Gasteiger partial charge on any atom is 0.166 e. The van der Waals surface area contributed by atoms with Crippen LogP contribution in [0.15, 0.2) is 48.5 Å². The van der Waals surface area contributed by atoms with E-state index in [1.54, 1.807) is 7.11 Å². The summed E-state index contributed by atoms with van der Waals surface area (Å²) in [5.41, 5.74) is 11.1. The van der Waals surface area contributed by atoms with Crippen LogP contribution in [0.4, 0.5) is 5.69 Å².